The van der Waals surface area contributed by atoms with Crippen LogP contribution in [0.25, 0.3) is 0 Å². The zero-order chi connectivity index (χ0) is 19.9. The van der Waals surface area contributed by atoms with Gasteiger partial charge in [-0.3, -0.25) is 9.69 Å². The highest BCUT2D eigenvalue weighted by atomic mass is 19.2. The first-order chi connectivity index (χ1) is 13.5. The molecule has 2 heterocycles. The molecular weight excluding hydrogens is 364 g/mol. The van der Waals surface area contributed by atoms with Crippen LogP contribution in [-0.2, 0) is 24.3 Å². The minimum atomic E-state index is -0.896. The lowest BCUT2D eigenvalue weighted by Gasteiger charge is -2.31. The van der Waals surface area contributed by atoms with E-state index in [2.05, 4.69) is 22.3 Å². The van der Waals surface area contributed by atoms with Crippen molar-refractivity contribution in [2.24, 2.45) is 5.92 Å². The summed E-state index contributed by atoms with van der Waals surface area (Å²) in [6.07, 6.45) is 4.34. The molecular formula is C21H27F2N3O2. The Kier molecular flexibility index (Phi) is 7.14. The molecule has 7 heteroatoms. The summed E-state index contributed by atoms with van der Waals surface area (Å²) in [5, 5.41) is 6.82. The first-order valence-corrected chi connectivity index (χ1v) is 9.91. The second kappa shape index (κ2) is 9.78. The number of nitrogens with zero attached hydrogens (tertiary/aromatic N) is 2. The number of carbonyl (C=O) groups excluding carboxylic acids is 1. The fraction of sp³-hybridized carbons (Fsp3) is 0.524. The Labute approximate surface area is 164 Å². The van der Waals surface area contributed by atoms with Crippen LogP contribution in [0.3, 0.4) is 0 Å². The summed E-state index contributed by atoms with van der Waals surface area (Å²) in [4.78, 5) is 14.5. The van der Waals surface area contributed by atoms with E-state index in [0.717, 1.165) is 68.9 Å². The number of rotatable bonds is 8. The van der Waals surface area contributed by atoms with Gasteiger partial charge in [-0.05, 0) is 55.8 Å². The van der Waals surface area contributed by atoms with E-state index in [0.29, 0.717) is 17.9 Å². The van der Waals surface area contributed by atoms with Crippen molar-refractivity contribution in [3.63, 3.8) is 0 Å². The first-order valence-electron chi connectivity index (χ1n) is 9.91. The molecule has 1 aliphatic heterocycles. The van der Waals surface area contributed by atoms with Crippen LogP contribution in [0.5, 0.6) is 0 Å². The van der Waals surface area contributed by atoms with E-state index in [1.54, 1.807) is 0 Å². The molecule has 0 unspecified atom stereocenters. The largest absolute Gasteiger partial charge is 0.360 e. The Morgan fingerprint density at radius 3 is 2.93 bits per heavy atom. The van der Waals surface area contributed by atoms with Crippen LogP contribution in [0.1, 0.15) is 49.6 Å². The van der Waals surface area contributed by atoms with Crippen LogP contribution in [0, 0.1) is 17.6 Å². The minimum absolute atomic E-state index is 0.0651. The molecule has 28 heavy (non-hydrogen) atoms. The van der Waals surface area contributed by atoms with E-state index < -0.39 is 11.6 Å². The Morgan fingerprint density at radius 2 is 2.18 bits per heavy atom. The average molecular weight is 391 g/mol. The first kappa shape index (κ1) is 20.5. The Morgan fingerprint density at radius 1 is 1.32 bits per heavy atom. The zero-order valence-electron chi connectivity index (χ0n) is 16.2. The van der Waals surface area contributed by atoms with Gasteiger partial charge in [0.2, 0.25) is 5.91 Å². The molecule has 1 aliphatic rings. The molecule has 0 radical (unpaired) electrons. The van der Waals surface area contributed by atoms with Gasteiger partial charge in [-0.25, -0.2) is 8.78 Å². The standard InChI is InChI=1S/C21H27F2N3O2/c1-2-17-11-18(28-25-17)14-26-9-3-4-15(13-26)6-8-21(27)24-12-16-5-7-19(22)20(23)10-16/h5,7,10-11,15H,2-4,6,8-9,12-14H2,1H3,(H,24,27)/t15-/m1/s1. The predicted molar refractivity (Wildman–Crippen MR) is 101 cm³/mol. The number of nitrogens with one attached hydrogen (secondary N) is 1. The molecule has 0 saturated carbocycles. The molecule has 0 spiro atoms. The third-order valence-corrected chi connectivity index (χ3v) is 5.21. The highest BCUT2D eigenvalue weighted by Crippen LogP contribution is 2.22. The normalized spacial score (nSPS) is 17.6. The maximum atomic E-state index is 13.2. The van der Waals surface area contributed by atoms with E-state index in [4.69, 9.17) is 4.52 Å². The number of benzene rings is 1. The summed E-state index contributed by atoms with van der Waals surface area (Å²) < 4.78 is 31.5. The molecule has 3 rings (SSSR count). The van der Waals surface area contributed by atoms with Crippen molar-refractivity contribution in [2.75, 3.05) is 13.1 Å². The van der Waals surface area contributed by atoms with Crippen LogP contribution >= 0.6 is 0 Å². The summed E-state index contributed by atoms with van der Waals surface area (Å²) in [6.45, 7) is 4.99. The van der Waals surface area contributed by atoms with Gasteiger partial charge in [0.25, 0.3) is 0 Å². The van der Waals surface area contributed by atoms with Gasteiger partial charge in [0.1, 0.15) is 0 Å². The molecule has 1 saturated heterocycles. The van der Waals surface area contributed by atoms with E-state index in [-0.39, 0.29) is 12.5 Å². The molecule has 1 fully saturated rings. The van der Waals surface area contributed by atoms with Gasteiger partial charge in [-0.1, -0.05) is 18.1 Å². The molecule has 1 aromatic heterocycles. The molecule has 0 bridgehead atoms. The van der Waals surface area contributed by atoms with Crippen molar-refractivity contribution >= 4 is 5.91 Å². The van der Waals surface area contributed by atoms with Crippen molar-refractivity contribution in [1.82, 2.24) is 15.4 Å². The van der Waals surface area contributed by atoms with Crippen LogP contribution in [0.4, 0.5) is 8.78 Å². The number of amides is 1. The van der Waals surface area contributed by atoms with Crippen molar-refractivity contribution in [1.29, 1.82) is 0 Å². The number of halogens is 2. The van der Waals surface area contributed by atoms with Crippen LogP contribution in [-0.4, -0.2) is 29.1 Å². The lowest BCUT2D eigenvalue weighted by Crippen LogP contribution is -2.35. The summed E-state index contributed by atoms with van der Waals surface area (Å²) in [7, 11) is 0. The number of hydrogen-bond donors (Lipinski definition) is 1. The van der Waals surface area contributed by atoms with Gasteiger partial charge < -0.3 is 9.84 Å². The lowest BCUT2D eigenvalue weighted by molar-refractivity contribution is -0.121. The number of aryl methyl sites for hydroxylation is 1. The Hall–Kier alpha value is -2.28. The average Bonchev–Trinajstić information content (AvgIpc) is 3.15. The maximum Gasteiger partial charge on any atom is 0.220 e. The van der Waals surface area contributed by atoms with Crippen molar-refractivity contribution in [3.8, 4) is 0 Å². The summed E-state index contributed by atoms with van der Waals surface area (Å²) >= 11 is 0. The molecule has 152 valence electrons. The van der Waals surface area contributed by atoms with Crippen LogP contribution in [0.15, 0.2) is 28.8 Å². The van der Waals surface area contributed by atoms with Gasteiger partial charge in [-0.15, -0.1) is 0 Å². The van der Waals surface area contributed by atoms with Gasteiger partial charge in [0.15, 0.2) is 17.4 Å². The quantitative estimate of drug-likeness (QED) is 0.743. The van der Waals surface area contributed by atoms with E-state index in [1.165, 1.54) is 6.07 Å². The molecule has 1 N–H and O–H groups in total. The van der Waals surface area contributed by atoms with E-state index in [9.17, 15) is 13.6 Å². The number of hydrogen-bond acceptors (Lipinski definition) is 4. The summed E-state index contributed by atoms with van der Waals surface area (Å²) in [5.41, 5.74) is 1.52. The number of aromatic nitrogens is 1. The Balaban J connectivity index is 1.39. The summed E-state index contributed by atoms with van der Waals surface area (Å²) in [5.74, 6) is -0.483. The second-order valence-electron chi connectivity index (χ2n) is 7.45. The van der Waals surface area contributed by atoms with Crippen molar-refractivity contribution in [3.05, 3.63) is 52.9 Å². The molecule has 0 aliphatic carbocycles. The summed E-state index contributed by atoms with van der Waals surface area (Å²) in [6, 6.07) is 5.67. The monoisotopic (exact) mass is 391 g/mol. The Bertz CT molecular complexity index is 794. The highest BCUT2D eigenvalue weighted by molar-refractivity contribution is 5.75. The van der Waals surface area contributed by atoms with E-state index >= 15 is 0 Å². The third kappa shape index (κ3) is 5.86. The van der Waals surface area contributed by atoms with Crippen molar-refractivity contribution < 1.29 is 18.1 Å². The molecule has 1 amide bonds. The molecule has 5 nitrogen and oxygen atoms in total. The number of piperidine rings is 1. The minimum Gasteiger partial charge on any atom is -0.360 e. The van der Waals surface area contributed by atoms with Gasteiger partial charge in [-0.2, -0.15) is 0 Å². The van der Waals surface area contributed by atoms with Crippen LogP contribution < -0.4 is 5.32 Å². The lowest BCUT2D eigenvalue weighted by atomic mass is 9.93. The molecule has 1 atom stereocenters. The fourth-order valence-corrected chi connectivity index (χ4v) is 3.62. The number of likely N-dealkylation sites (tertiary alicyclic amines) is 1. The molecule has 1 aromatic carbocycles. The van der Waals surface area contributed by atoms with Gasteiger partial charge in [0.05, 0.1) is 12.2 Å². The third-order valence-electron chi connectivity index (χ3n) is 5.21. The van der Waals surface area contributed by atoms with Crippen molar-refractivity contribution in [2.45, 2.75) is 52.1 Å². The van der Waals surface area contributed by atoms with Gasteiger partial charge in [0, 0.05) is 25.6 Å². The molecule has 2 aromatic rings. The SMILES string of the molecule is CCc1cc(CN2CCC[C@H](CCC(=O)NCc3ccc(F)c(F)c3)C2)on1. The number of carbonyl (C=O) groups is 1. The fourth-order valence-electron chi connectivity index (χ4n) is 3.62. The zero-order valence-corrected chi connectivity index (χ0v) is 16.2. The highest BCUT2D eigenvalue weighted by Gasteiger charge is 2.21. The van der Waals surface area contributed by atoms with Crippen LogP contribution in [0.2, 0.25) is 0 Å². The predicted octanol–water partition coefficient (Wildman–Crippen LogP) is 3.82. The van der Waals surface area contributed by atoms with E-state index in [1.807, 2.05) is 6.07 Å². The van der Waals surface area contributed by atoms with Gasteiger partial charge >= 0.3 is 0 Å². The smallest absolute Gasteiger partial charge is 0.220 e. The second-order valence-corrected chi connectivity index (χ2v) is 7.45. The maximum absolute atomic E-state index is 13.2. The topological polar surface area (TPSA) is 58.4 Å².